The van der Waals surface area contributed by atoms with Gasteiger partial charge >= 0.3 is 0 Å². The molecule has 0 atom stereocenters. The maximum Gasteiger partial charge on any atom is 0.180 e. The van der Waals surface area contributed by atoms with Gasteiger partial charge < -0.3 is 4.42 Å². The van der Waals surface area contributed by atoms with E-state index in [1.807, 2.05) is 41.1 Å². The Kier molecular flexibility index (Phi) is 2.60. The van der Waals surface area contributed by atoms with E-state index in [9.17, 15) is 0 Å². The van der Waals surface area contributed by atoms with Crippen molar-refractivity contribution in [1.82, 2.24) is 25.0 Å². The first-order chi connectivity index (χ1) is 10.3. The molecule has 0 fully saturated rings. The fourth-order valence-electron chi connectivity index (χ4n) is 2.36. The van der Waals surface area contributed by atoms with E-state index in [1.165, 1.54) is 0 Å². The van der Waals surface area contributed by atoms with Gasteiger partial charge in [0.2, 0.25) is 0 Å². The molecule has 6 nitrogen and oxygen atoms in total. The van der Waals surface area contributed by atoms with Crippen LogP contribution in [0.25, 0.3) is 28.3 Å². The first kappa shape index (κ1) is 11.9. The van der Waals surface area contributed by atoms with Crippen LogP contribution in [-0.4, -0.2) is 25.0 Å². The molecule has 104 valence electrons. The second-order valence-corrected chi connectivity index (χ2v) is 4.74. The summed E-state index contributed by atoms with van der Waals surface area (Å²) in [6, 6.07) is 9.81. The van der Waals surface area contributed by atoms with Crippen molar-refractivity contribution in [2.75, 3.05) is 0 Å². The number of H-pyrrole nitrogens is 1. The van der Waals surface area contributed by atoms with Crippen LogP contribution in [0, 0.1) is 0 Å². The van der Waals surface area contributed by atoms with Gasteiger partial charge in [-0.25, -0.2) is 4.98 Å². The van der Waals surface area contributed by atoms with Gasteiger partial charge in [0, 0.05) is 24.5 Å². The third-order valence-electron chi connectivity index (χ3n) is 3.45. The molecule has 0 aliphatic rings. The van der Waals surface area contributed by atoms with E-state index in [0.29, 0.717) is 0 Å². The fraction of sp³-hybridized carbons (Fsp3) is 0.133. The second-order valence-electron chi connectivity index (χ2n) is 4.74. The number of hydrogen-bond acceptors (Lipinski definition) is 4. The van der Waals surface area contributed by atoms with Gasteiger partial charge in [0.1, 0.15) is 16.8 Å². The average Bonchev–Trinajstić information content (AvgIpc) is 3.24. The first-order valence-corrected chi connectivity index (χ1v) is 6.78. The minimum Gasteiger partial charge on any atom is -0.458 e. The number of benzene rings is 1. The monoisotopic (exact) mass is 279 g/mol. The van der Waals surface area contributed by atoms with Gasteiger partial charge in [-0.15, -0.1) is 0 Å². The second kappa shape index (κ2) is 4.59. The summed E-state index contributed by atoms with van der Waals surface area (Å²) in [6.07, 6.45) is 4.53. The Hall–Kier alpha value is -2.89. The third-order valence-corrected chi connectivity index (χ3v) is 3.45. The summed E-state index contributed by atoms with van der Waals surface area (Å²) in [4.78, 5) is 4.40. The van der Waals surface area contributed by atoms with Crippen LogP contribution in [0.1, 0.15) is 12.7 Å². The SMILES string of the molecule is CCc1ccc(-c2nccn2-c2ccc3n[nH]nc3c2)o1. The van der Waals surface area contributed by atoms with E-state index >= 15 is 0 Å². The highest BCUT2D eigenvalue weighted by Crippen LogP contribution is 2.25. The lowest BCUT2D eigenvalue weighted by molar-refractivity contribution is 0.524. The van der Waals surface area contributed by atoms with E-state index in [4.69, 9.17) is 4.42 Å². The van der Waals surface area contributed by atoms with Crippen molar-refractivity contribution in [3.05, 3.63) is 48.5 Å². The number of fused-ring (bicyclic) bond motifs is 1. The summed E-state index contributed by atoms with van der Waals surface area (Å²) >= 11 is 0. The molecule has 0 saturated carbocycles. The quantitative estimate of drug-likeness (QED) is 0.625. The summed E-state index contributed by atoms with van der Waals surface area (Å²) in [5.74, 6) is 2.49. The highest BCUT2D eigenvalue weighted by atomic mass is 16.3. The number of hydrogen-bond donors (Lipinski definition) is 1. The summed E-state index contributed by atoms with van der Waals surface area (Å²) in [5, 5.41) is 10.8. The number of nitrogens with one attached hydrogen (secondary N) is 1. The van der Waals surface area contributed by atoms with Crippen LogP contribution in [-0.2, 0) is 6.42 Å². The van der Waals surface area contributed by atoms with Crippen molar-refractivity contribution < 1.29 is 4.42 Å². The van der Waals surface area contributed by atoms with Crippen molar-refractivity contribution >= 4 is 11.0 Å². The fourth-order valence-corrected chi connectivity index (χ4v) is 2.36. The number of rotatable bonds is 3. The van der Waals surface area contributed by atoms with E-state index in [1.54, 1.807) is 6.20 Å². The number of aryl methyl sites for hydroxylation is 1. The highest BCUT2D eigenvalue weighted by molar-refractivity contribution is 5.76. The molecule has 0 amide bonds. The molecule has 3 aromatic heterocycles. The maximum absolute atomic E-state index is 5.79. The van der Waals surface area contributed by atoms with Gasteiger partial charge in [-0.2, -0.15) is 15.4 Å². The third kappa shape index (κ3) is 1.92. The zero-order valence-electron chi connectivity index (χ0n) is 11.4. The van der Waals surface area contributed by atoms with Crippen molar-refractivity contribution in [1.29, 1.82) is 0 Å². The Bertz CT molecular complexity index is 901. The lowest BCUT2D eigenvalue weighted by atomic mass is 10.2. The lowest BCUT2D eigenvalue weighted by Gasteiger charge is -2.05. The molecular weight excluding hydrogens is 266 g/mol. The molecule has 4 rings (SSSR count). The maximum atomic E-state index is 5.79. The normalized spacial score (nSPS) is 11.3. The molecule has 1 aromatic carbocycles. The highest BCUT2D eigenvalue weighted by Gasteiger charge is 2.12. The molecule has 21 heavy (non-hydrogen) atoms. The molecular formula is C15H13N5O. The standard InChI is InChI=1S/C15H13N5O/c1-2-11-4-6-14(21-11)15-16-7-8-20(15)10-3-5-12-13(9-10)18-19-17-12/h3-9H,2H2,1H3,(H,17,18,19). The predicted molar refractivity (Wildman–Crippen MR) is 78.1 cm³/mol. The predicted octanol–water partition coefficient (Wildman–Crippen LogP) is 2.97. The smallest absolute Gasteiger partial charge is 0.180 e. The zero-order valence-corrected chi connectivity index (χ0v) is 11.4. The van der Waals surface area contributed by atoms with E-state index in [-0.39, 0.29) is 0 Å². The van der Waals surface area contributed by atoms with Gasteiger partial charge in [0.15, 0.2) is 11.6 Å². The summed E-state index contributed by atoms with van der Waals surface area (Å²) in [7, 11) is 0. The molecule has 0 spiro atoms. The van der Waals surface area contributed by atoms with Gasteiger partial charge in [-0.3, -0.25) is 4.57 Å². The Morgan fingerprint density at radius 2 is 2.05 bits per heavy atom. The van der Waals surface area contributed by atoms with Crippen LogP contribution in [0.4, 0.5) is 0 Å². The molecule has 6 heteroatoms. The molecule has 0 saturated heterocycles. The van der Waals surface area contributed by atoms with Crippen LogP contribution in [0.5, 0.6) is 0 Å². The Labute approximate surface area is 120 Å². The molecule has 0 aliphatic heterocycles. The molecule has 3 heterocycles. The Morgan fingerprint density at radius 3 is 2.90 bits per heavy atom. The average molecular weight is 279 g/mol. The van der Waals surface area contributed by atoms with Crippen molar-refractivity contribution in [3.8, 4) is 17.3 Å². The summed E-state index contributed by atoms with van der Waals surface area (Å²) in [6.45, 7) is 2.06. The van der Waals surface area contributed by atoms with Crippen molar-refractivity contribution in [3.63, 3.8) is 0 Å². The largest absolute Gasteiger partial charge is 0.458 e. The van der Waals surface area contributed by atoms with Gasteiger partial charge in [0.25, 0.3) is 0 Å². The summed E-state index contributed by atoms with van der Waals surface area (Å²) < 4.78 is 7.77. The van der Waals surface area contributed by atoms with Crippen LogP contribution in [0.15, 0.2) is 47.1 Å². The molecule has 0 bridgehead atoms. The molecule has 4 aromatic rings. The van der Waals surface area contributed by atoms with Gasteiger partial charge in [-0.05, 0) is 30.3 Å². The number of aromatic nitrogens is 5. The van der Waals surface area contributed by atoms with Gasteiger partial charge in [-0.1, -0.05) is 6.92 Å². The van der Waals surface area contributed by atoms with Crippen molar-refractivity contribution in [2.45, 2.75) is 13.3 Å². The Morgan fingerprint density at radius 1 is 1.14 bits per heavy atom. The van der Waals surface area contributed by atoms with Crippen LogP contribution < -0.4 is 0 Å². The van der Waals surface area contributed by atoms with E-state index in [2.05, 4.69) is 27.3 Å². The number of imidazole rings is 1. The molecule has 0 unspecified atom stereocenters. The number of aromatic amines is 1. The lowest BCUT2D eigenvalue weighted by Crippen LogP contribution is -1.95. The zero-order chi connectivity index (χ0) is 14.2. The van der Waals surface area contributed by atoms with Crippen LogP contribution in [0.3, 0.4) is 0 Å². The Balaban J connectivity index is 1.83. The van der Waals surface area contributed by atoms with Crippen LogP contribution in [0.2, 0.25) is 0 Å². The molecule has 0 aliphatic carbocycles. The van der Waals surface area contributed by atoms with Crippen molar-refractivity contribution in [2.24, 2.45) is 0 Å². The minimum absolute atomic E-state index is 0.761. The first-order valence-electron chi connectivity index (χ1n) is 6.78. The topological polar surface area (TPSA) is 72.5 Å². The minimum atomic E-state index is 0.761. The summed E-state index contributed by atoms with van der Waals surface area (Å²) in [5.41, 5.74) is 2.63. The molecule has 0 radical (unpaired) electrons. The van der Waals surface area contributed by atoms with E-state index < -0.39 is 0 Å². The number of nitrogens with zero attached hydrogens (tertiary/aromatic N) is 4. The van der Waals surface area contributed by atoms with Gasteiger partial charge in [0.05, 0.1) is 0 Å². The molecule has 1 N–H and O–H groups in total. The number of furan rings is 1. The van der Waals surface area contributed by atoms with E-state index in [0.717, 1.165) is 40.5 Å². The van der Waals surface area contributed by atoms with Crippen LogP contribution >= 0.6 is 0 Å².